The van der Waals surface area contributed by atoms with Crippen molar-refractivity contribution in [2.75, 3.05) is 0 Å². The van der Waals surface area contributed by atoms with Crippen molar-refractivity contribution in [1.82, 2.24) is 4.98 Å². The number of rotatable bonds is 1. The third kappa shape index (κ3) is 4.19. The average Bonchev–Trinajstić information content (AvgIpc) is 2.31. The second kappa shape index (κ2) is 6.13. The van der Waals surface area contributed by atoms with Gasteiger partial charge in [0.15, 0.2) is 0 Å². The molecular formula is C11H10N2O3. The molecule has 1 N–H and O–H groups in total. The second-order valence-corrected chi connectivity index (χ2v) is 2.82. The fraction of sp³-hybridized carbons (Fsp3) is 0. The first-order valence-electron chi connectivity index (χ1n) is 4.50. The van der Waals surface area contributed by atoms with Crippen molar-refractivity contribution in [2.45, 2.75) is 0 Å². The van der Waals surface area contributed by atoms with Gasteiger partial charge in [0.05, 0.1) is 5.69 Å². The van der Waals surface area contributed by atoms with E-state index in [1.165, 1.54) is 0 Å². The van der Waals surface area contributed by atoms with Gasteiger partial charge in [0, 0.05) is 11.8 Å². The largest absolute Gasteiger partial charge is 0.328 e. The molecule has 16 heavy (non-hydrogen) atoms. The Bertz CT molecular complexity index is 390. The Balaban J connectivity index is 0.000000280. The van der Waals surface area contributed by atoms with Crippen LogP contribution in [0.1, 0.15) is 0 Å². The molecule has 0 saturated heterocycles. The van der Waals surface area contributed by atoms with Crippen molar-refractivity contribution in [3.8, 4) is 11.3 Å². The molecule has 0 spiro atoms. The van der Waals surface area contributed by atoms with Crippen LogP contribution in [-0.2, 0) is 0 Å². The van der Waals surface area contributed by atoms with Gasteiger partial charge in [-0.2, -0.15) is 0 Å². The summed E-state index contributed by atoms with van der Waals surface area (Å²) in [6.07, 6.45) is 1.81. The number of nitrogens with zero attached hydrogens (tertiary/aromatic N) is 2. The third-order valence-corrected chi connectivity index (χ3v) is 1.73. The Morgan fingerprint density at radius 3 is 2.12 bits per heavy atom. The fourth-order valence-corrected chi connectivity index (χ4v) is 1.14. The molecule has 1 aromatic carbocycles. The minimum atomic E-state index is -1.50. The number of hydrogen-bond acceptors (Lipinski definition) is 3. The predicted molar refractivity (Wildman–Crippen MR) is 58.5 cm³/mol. The lowest BCUT2D eigenvalue weighted by Gasteiger charge is -1.97. The van der Waals surface area contributed by atoms with Gasteiger partial charge < -0.3 is 5.21 Å². The van der Waals surface area contributed by atoms with Crippen LogP contribution in [0.3, 0.4) is 0 Å². The SMILES string of the molecule is O=[N+]([O-])O.c1ccc(-c2ccccn2)cc1. The molecule has 0 aliphatic carbocycles. The predicted octanol–water partition coefficient (Wildman–Crippen LogP) is 2.40. The van der Waals surface area contributed by atoms with E-state index in [-0.39, 0.29) is 0 Å². The maximum atomic E-state index is 8.36. The minimum absolute atomic E-state index is 1.03. The molecule has 82 valence electrons. The number of hydrogen-bond donors (Lipinski definition) is 1. The monoisotopic (exact) mass is 218 g/mol. The van der Waals surface area contributed by atoms with Crippen LogP contribution in [0.25, 0.3) is 11.3 Å². The molecule has 0 saturated carbocycles. The van der Waals surface area contributed by atoms with Crippen molar-refractivity contribution in [2.24, 2.45) is 0 Å². The van der Waals surface area contributed by atoms with E-state index in [0.717, 1.165) is 11.3 Å². The van der Waals surface area contributed by atoms with E-state index in [0.29, 0.717) is 0 Å². The van der Waals surface area contributed by atoms with Gasteiger partial charge in [-0.15, -0.1) is 10.1 Å². The Morgan fingerprint density at radius 1 is 1.06 bits per heavy atom. The Morgan fingerprint density at radius 2 is 1.62 bits per heavy atom. The lowest BCUT2D eigenvalue weighted by atomic mass is 10.1. The first kappa shape index (κ1) is 11.6. The summed E-state index contributed by atoms with van der Waals surface area (Å²) in [7, 11) is 0. The molecule has 1 aromatic heterocycles. The molecule has 0 amide bonds. The van der Waals surface area contributed by atoms with Crippen LogP contribution in [0.2, 0.25) is 0 Å². The van der Waals surface area contributed by atoms with Crippen LogP contribution in [0.4, 0.5) is 0 Å². The summed E-state index contributed by atoms with van der Waals surface area (Å²) in [6, 6.07) is 16.1. The van der Waals surface area contributed by atoms with Crippen LogP contribution in [0.5, 0.6) is 0 Å². The smallest absolute Gasteiger partial charge is 0.291 e. The van der Waals surface area contributed by atoms with Crippen molar-refractivity contribution in [1.29, 1.82) is 0 Å². The van der Waals surface area contributed by atoms with E-state index >= 15 is 0 Å². The minimum Gasteiger partial charge on any atom is -0.328 e. The van der Waals surface area contributed by atoms with Crippen LogP contribution in [0, 0.1) is 10.1 Å². The van der Waals surface area contributed by atoms with E-state index in [2.05, 4.69) is 17.1 Å². The van der Waals surface area contributed by atoms with Crippen LogP contribution in [0.15, 0.2) is 54.7 Å². The molecule has 1 heterocycles. The molecule has 5 nitrogen and oxygen atoms in total. The highest BCUT2D eigenvalue weighted by molar-refractivity contribution is 5.58. The summed E-state index contributed by atoms with van der Waals surface area (Å²) in [6.45, 7) is 0. The van der Waals surface area contributed by atoms with Gasteiger partial charge in [0.1, 0.15) is 0 Å². The average molecular weight is 218 g/mol. The quantitative estimate of drug-likeness (QED) is 0.589. The maximum absolute atomic E-state index is 8.36. The summed E-state index contributed by atoms with van der Waals surface area (Å²) in [5.74, 6) is 0. The molecule has 5 heteroatoms. The summed E-state index contributed by atoms with van der Waals surface area (Å²) < 4.78 is 0. The van der Waals surface area contributed by atoms with Gasteiger partial charge in [0.25, 0.3) is 5.09 Å². The van der Waals surface area contributed by atoms with Gasteiger partial charge >= 0.3 is 0 Å². The van der Waals surface area contributed by atoms with Crippen LogP contribution in [-0.4, -0.2) is 15.3 Å². The first-order valence-corrected chi connectivity index (χ1v) is 4.50. The normalized spacial score (nSPS) is 8.75. The van der Waals surface area contributed by atoms with Gasteiger partial charge in [-0.3, -0.25) is 4.98 Å². The van der Waals surface area contributed by atoms with Crippen molar-refractivity contribution in [3.63, 3.8) is 0 Å². The van der Waals surface area contributed by atoms with Crippen LogP contribution >= 0.6 is 0 Å². The Kier molecular flexibility index (Phi) is 4.46. The molecular weight excluding hydrogens is 208 g/mol. The highest BCUT2D eigenvalue weighted by Crippen LogP contribution is 2.14. The van der Waals surface area contributed by atoms with E-state index in [9.17, 15) is 0 Å². The van der Waals surface area contributed by atoms with Gasteiger partial charge in [0.2, 0.25) is 0 Å². The van der Waals surface area contributed by atoms with Gasteiger partial charge in [-0.05, 0) is 12.1 Å². The summed E-state index contributed by atoms with van der Waals surface area (Å²) in [5, 5.41) is 13.6. The molecule has 0 radical (unpaired) electrons. The lowest BCUT2D eigenvalue weighted by molar-refractivity contribution is -0.742. The Hall–Kier alpha value is -2.43. The number of pyridine rings is 1. The first-order chi connectivity index (χ1) is 7.70. The number of benzene rings is 1. The van der Waals surface area contributed by atoms with Gasteiger partial charge in [-0.1, -0.05) is 36.4 Å². The molecule has 0 unspecified atom stereocenters. The standard InChI is InChI=1S/C11H9N.HNO3/c1-2-6-10(7-3-1)11-8-4-5-9-12-11;2-1(3)4/h1-9H;(H,2,3,4). The molecule has 2 rings (SSSR count). The lowest BCUT2D eigenvalue weighted by Crippen LogP contribution is -1.81. The zero-order chi connectivity index (χ0) is 11.8. The molecule has 0 bridgehead atoms. The van der Waals surface area contributed by atoms with Crippen molar-refractivity contribution in [3.05, 3.63) is 64.8 Å². The highest BCUT2D eigenvalue weighted by atomic mass is 16.9. The third-order valence-electron chi connectivity index (χ3n) is 1.73. The Labute approximate surface area is 92.1 Å². The highest BCUT2D eigenvalue weighted by Gasteiger charge is 1.93. The molecule has 0 atom stereocenters. The van der Waals surface area contributed by atoms with E-state index in [4.69, 9.17) is 15.3 Å². The topological polar surface area (TPSA) is 76.3 Å². The molecule has 0 aliphatic rings. The van der Waals surface area contributed by atoms with E-state index in [1.54, 1.807) is 0 Å². The zero-order valence-corrected chi connectivity index (χ0v) is 8.35. The molecule has 0 fully saturated rings. The molecule has 2 aromatic rings. The summed E-state index contributed by atoms with van der Waals surface area (Å²) >= 11 is 0. The zero-order valence-electron chi connectivity index (χ0n) is 8.35. The maximum Gasteiger partial charge on any atom is 0.291 e. The molecule has 0 aliphatic heterocycles. The summed E-state index contributed by atoms with van der Waals surface area (Å²) in [4.78, 5) is 12.6. The fourth-order valence-electron chi connectivity index (χ4n) is 1.14. The van der Waals surface area contributed by atoms with E-state index < -0.39 is 5.09 Å². The number of aromatic nitrogens is 1. The van der Waals surface area contributed by atoms with Crippen molar-refractivity contribution < 1.29 is 10.3 Å². The van der Waals surface area contributed by atoms with Crippen LogP contribution < -0.4 is 0 Å². The van der Waals surface area contributed by atoms with Gasteiger partial charge in [-0.25, -0.2) is 0 Å². The van der Waals surface area contributed by atoms with E-state index in [1.807, 2.05) is 42.6 Å². The second-order valence-electron chi connectivity index (χ2n) is 2.82. The van der Waals surface area contributed by atoms with Crippen molar-refractivity contribution >= 4 is 0 Å². The summed E-state index contributed by atoms with van der Waals surface area (Å²) in [5.41, 5.74) is 2.19.